The average molecular weight is 216 g/mol. The van der Waals surface area contributed by atoms with Gasteiger partial charge in [-0.15, -0.1) is 0 Å². The van der Waals surface area contributed by atoms with E-state index in [4.69, 9.17) is 4.74 Å². The molecule has 0 fully saturated rings. The van der Waals surface area contributed by atoms with Gasteiger partial charge in [0.05, 0.1) is 12.6 Å². The van der Waals surface area contributed by atoms with Crippen LogP contribution in [0, 0.1) is 0 Å². The zero-order valence-electron chi connectivity index (χ0n) is 10.5. The van der Waals surface area contributed by atoms with Crippen LogP contribution in [-0.2, 0) is 9.53 Å². The highest BCUT2D eigenvalue weighted by Gasteiger charge is 2.16. The largest absolute Gasteiger partial charge is 0.383 e. The third-order valence-electron chi connectivity index (χ3n) is 2.17. The zero-order valence-corrected chi connectivity index (χ0v) is 10.5. The molecule has 0 aliphatic rings. The highest BCUT2D eigenvalue weighted by molar-refractivity contribution is 5.81. The summed E-state index contributed by atoms with van der Waals surface area (Å²) >= 11 is 0. The minimum atomic E-state index is -0.174. The van der Waals surface area contributed by atoms with E-state index in [9.17, 15) is 4.79 Å². The molecule has 0 rings (SSSR count). The van der Waals surface area contributed by atoms with Crippen LogP contribution >= 0.6 is 0 Å². The monoisotopic (exact) mass is 216 g/mol. The number of ether oxygens (including phenoxy) is 1. The first-order valence-corrected chi connectivity index (χ1v) is 5.56. The number of carbonyl (C=O) groups excluding carboxylic acids is 1. The summed E-state index contributed by atoms with van der Waals surface area (Å²) in [6.07, 6.45) is 0.952. The summed E-state index contributed by atoms with van der Waals surface area (Å²) in [4.78, 5) is 11.6. The van der Waals surface area contributed by atoms with Crippen LogP contribution in [0.2, 0.25) is 0 Å². The van der Waals surface area contributed by atoms with Gasteiger partial charge in [0.25, 0.3) is 0 Å². The first-order valence-electron chi connectivity index (χ1n) is 5.56. The Bertz CT molecular complexity index is 183. The van der Waals surface area contributed by atoms with Crippen molar-refractivity contribution in [3.05, 3.63) is 0 Å². The lowest BCUT2D eigenvalue weighted by Crippen LogP contribution is -2.49. The fraction of sp³-hybridized carbons (Fsp3) is 0.909. The molecule has 2 N–H and O–H groups in total. The molecule has 2 unspecified atom stereocenters. The van der Waals surface area contributed by atoms with E-state index in [1.807, 2.05) is 20.8 Å². The van der Waals surface area contributed by atoms with E-state index in [0.717, 1.165) is 6.42 Å². The summed E-state index contributed by atoms with van der Waals surface area (Å²) in [5.41, 5.74) is 0. The molecule has 0 heterocycles. The second kappa shape index (κ2) is 7.65. The van der Waals surface area contributed by atoms with Gasteiger partial charge < -0.3 is 15.4 Å². The first kappa shape index (κ1) is 14.4. The number of hydrogen-bond donors (Lipinski definition) is 2. The van der Waals surface area contributed by atoms with E-state index in [1.54, 1.807) is 7.11 Å². The van der Waals surface area contributed by atoms with Gasteiger partial charge in [-0.1, -0.05) is 6.92 Å². The molecule has 0 aromatic rings. The molecular formula is C11H24N2O2. The Balaban J connectivity index is 3.97. The number of hydrogen-bond acceptors (Lipinski definition) is 3. The minimum absolute atomic E-state index is 0.0413. The SMILES string of the molecule is CCC(COC)NC(C)C(=O)NC(C)C. The third kappa shape index (κ3) is 6.47. The Morgan fingerprint density at radius 2 is 1.93 bits per heavy atom. The van der Waals surface area contributed by atoms with Crippen molar-refractivity contribution in [2.75, 3.05) is 13.7 Å². The molecule has 4 heteroatoms. The van der Waals surface area contributed by atoms with E-state index >= 15 is 0 Å². The molecule has 15 heavy (non-hydrogen) atoms. The molecule has 0 saturated carbocycles. The van der Waals surface area contributed by atoms with E-state index < -0.39 is 0 Å². The van der Waals surface area contributed by atoms with Gasteiger partial charge in [-0.05, 0) is 27.2 Å². The third-order valence-corrected chi connectivity index (χ3v) is 2.17. The van der Waals surface area contributed by atoms with Gasteiger partial charge in [-0.25, -0.2) is 0 Å². The highest BCUT2D eigenvalue weighted by Crippen LogP contribution is 1.95. The Kier molecular flexibility index (Phi) is 7.34. The maximum Gasteiger partial charge on any atom is 0.237 e. The van der Waals surface area contributed by atoms with Gasteiger partial charge >= 0.3 is 0 Å². The molecule has 0 saturated heterocycles. The molecule has 0 aliphatic heterocycles. The number of amides is 1. The zero-order chi connectivity index (χ0) is 11.8. The lowest BCUT2D eigenvalue weighted by Gasteiger charge is -2.22. The van der Waals surface area contributed by atoms with Crippen LogP contribution in [0.15, 0.2) is 0 Å². The number of nitrogens with one attached hydrogen (secondary N) is 2. The Morgan fingerprint density at radius 1 is 1.33 bits per heavy atom. The van der Waals surface area contributed by atoms with Crippen LogP contribution < -0.4 is 10.6 Å². The molecule has 0 aromatic heterocycles. The van der Waals surface area contributed by atoms with Crippen molar-refractivity contribution in [1.82, 2.24) is 10.6 Å². The van der Waals surface area contributed by atoms with Crippen LogP contribution in [0.25, 0.3) is 0 Å². The van der Waals surface area contributed by atoms with Crippen LogP contribution in [0.3, 0.4) is 0 Å². The van der Waals surface area contributed by atoms with Crippen LogP contribution in [0.1, 0.15) is 34.1 Å². The van der Waals surface area contributed by atoms with Crippen LogP contribution in [-0.4, -0.2) is 37.7 Å². The lowest BCUT2D eigenvalue weighted by molar-refractivity contribution is -0.123. The van der Waals surface area contributed by atoms with E-state index in [2.05, 4.69) is 17.6 Å². The summed E-state index contributed by atoms with van der Waals surface area (Å²) < 4.78 is 5.06. The van der Waals surface area contributed by atoms with Gasteiger partial charge in [0, 0.05) is 19.2 Å². The Hall–Kier alpha value is -0.610. The normalized spacial score (nSPS) is 15.1. The molecule has 0 bridgehead atoms. The molecule has 0 radical (unpaired) electrons. The van der Waals surface area contributed by atoms with Gasteiger partial charge in [-0.2, -0.15) is 0 Å². The second-order valence-electron chi connectivity index (χ2n) is 4.11. The summed E-state index contributed by atoms with van der Waals surface area (Å²) in [6, 6.07) is 0.250. The van der Waals surface area contributed by atoms with Crippen molar-refractivity contribution >= 4 is 5.91 Å². The van der Waals surface area contributed by atoms with Gasteiger partial charge in [0.1, 0.15) is 0 Å². The predicted molar refractivity (Wildman–Crippen MR) is 61.8 cm³/mol. The Morgan fingerprint density at radius 3 is 2.33 bits per heavy atom. The topological polar surface area (TPSA) is 50.4 Å². The Labute approximate surface area is 92.8 Å². The van der Waals surface area contributed by atoms with Crippen molar-refractivity contribution in [3.63, 3.8) is 0 Å². The van der Waals surface area contributed by atoms with Crippen molar-refractivity contribution in [2.24, 2.45) is 0 Å². The van der Waals surface area contributed by atoms with Crippen LogP contribution in [0.5, 0.6) is 0 Å². The molecule has 0 spiro atoms. The van der Waals surface area contributed by atoms with E-state index in [0.29, 0.717) is 6.61 Å². The minimum Gasteiger partial charge on any atom is -0.383 e. The summed E-state index contributed by atoms with van der Waals surface area (Å²) in [5.74, 6) is 0.0413. The first-order chi connectivity index (χ1) is 7.01. The number of methoxy groups -OCH3 is 1. The second-order valence-corrected chi connectivity index (χ2v) is 4.11. The summed E-state index contributed by atoms with van der Waals surface area (Å²) in [5, 5.41) is 6.11. The highest BCUT2D eigenvalue weighted by atomic mass is 16.5. The molecule has 1 amide bonds. The molecule has 90 valence electrons. The molecule has 2 atom stereocenters. The maximum atomic E-state index is 11.6. The molecule has 0 aliphatic carbocycles. The van der Waals surface area contributed by atoms with Crippen molar-refractivity contribution in [2.45, 2.75) is 52.2 Å². The average Bonchev–Trinajstić information content (AvgIpc) is 2.15. The lowest BCUT2D eigenvalue weighted by atomic mass is 10.2. The molecular weight excluding hydrogens is 192 g/mol. The van der Waals surface area contributed by atoms with Crippen molar-refractivity contribution < 1.29 is 9.53 Å². The fourth-order valence-corrected chi connectivity index (χ4v) is 1.32. The van der Waals surface area contributed by atoms with Gasteiger partial charge in [0.15, 0.2) is 0 Å². The fourth-order valence-electron chi connectivity index (χ4n) is 1.32. The van der Waals surface area contributed by atoms with Crippen molar-refractivity contribution in [1.29, 1.82) is 0 Å². The van der Waals surface area contributed by atoms with Gasteiger partial charge in [0.2, 0.25) is 5.91 Å². The van der Waals surface area contributed by atoms with Crippen LogP contribution in [0.4, 0.5) is 0 Å². The molecule has 4 nitrogen and oxygen atoms in total. The summed E-state index contributed by atoms with van der Waals surface area (Å²) in [6.45, 7) is 8.49. The number of carbonyl (C=O) groups is 1. The van der Waals surface area contributed by atoms with Gasteiger partial charge in [-0.3, -0.25) is 4.79 Å². The van der Waals surface area contributed by atoms with Crippen molar-refractivity contribution in [3.8, 4) is 0 Å². The molecule has 0 aromatic carbocycles. The quantitative estimate of drug-likeness (QED) is 0.665. The van der Waals surface area contributed by atoms with E-state index in [1.165, 1.54) is 0 Å². The standard InChI is InChI=1S/C11H24N2O2/c1-6-10(7-15-5)13-9(4)11(14)12-8(2)3/h8-10,13H,6-7H2,1-5H3,(H,12,14). The predicted octanol–water partition coefficient (Wildman–Crippen LogP) is 0.914. The van der Waals surface area contributed by atoms with E-state index in [-0.39, 0.29) is 24.0 Å². The maximum absolute atomic E-state index is 11.6. The smallest absolute Gasteiger partial charge is 0.237 e. The number of rotatable bonds is 7. The summed E-state index contributed by atoms with van der Waals surface area (Å²) in [7, 11) is 1.67.